The van der Waals surface area contributed by atoms with Crippen molar-refractivity contribution in [3.63, 3.8) is 0 Å². The van der Waals surface area contributed by atoms with Gasteiger partial charge in [0, 0.05) is 12.4 Å². The lowest BCUT2D eigenvalue weighted by Crippen LogP contribution is -2.45. The summed E-state index contributed by atoms with van der Waals surface area (Å²) in [6.07, 6.45) is 5.26. The molecule has 0 aromatic carbocycles. The third kappa shape index (κ3) is 2.61. The van der Waals surface area contributed by atoms with Gasteiger partial charge in [-0.25, -0.2) is 14.3 Å². The SMILES string of the molecule is CCC(C)C(NC(=O)c1cnn2cccnc12)C(=O)O. The van der Waals surface area contributed by atoms with Gasteiger partial charge in [0.05, 0.1) is 6.20 Å². The number of carbonyl (C=O) groups excluding carboxylic acids is 1. The molecular weight excluding hydrogens is 260 g/mol. The summed E-state index contributed by atoms with van der Waals surface area (Å²) in [7, 11) is 0. The first-order valence-electron chi connectivity index (χ1n) is 6.36. The Kier molecular flexibility index (Phi) is 3.97. The summed E-state index contributed by atoms with van der Waals surface area (Å²) in [6.45, 7) is 3.66. The standard InChI is InChI=1S/C13H16N4O3/c1-3-8(2)10(13(19)20)16-12(18)9-7-15-17-6-4-5-14-11(9)17/h4-8,10H,3H2,1-2H3,(H,16,18)(H,19,20). The second-order valence-electron chi connectivity index (χ2n) is 4.62. The molecular formula is C13H16N4O3. The average molecular weight is 276 g/mol. The zero-order valence-corrected chi connectivity index (χ0v) is 11.3. The van der Waals surface area contributed by atoms with Crippen LogP contribution in [0.5, 0.6) is 0 Å². The van der Waals surface area contributed by atoms with Crippen molar-refractivity contribution in [1.29, 1.82) is 0 Å². The number of hydrogen-bond donors (Lipinski definition) is 2. The van der Waals surface area contributed by atoms with Crippen LogP contribution in [0.3, 0.4) is 0 Å². The van der Waals surface area contributed by atoms with E-state index >= 15 is 0 Å². The molecule has 0 bridgehead atoms. The molecule has 2 rings (SSSR count). The minimum Gasteiger partial charge on any atom is -0.480 e. The molecule has 20 heavy (non-hydrogen) atoms. The third-order valence-electron chi connectivity index (χ3n) is 3.29. The normalized spacial score (nSPS) is 13.9. The topological polar surface area (TPSA) is 96.6 Å². The first kappa shape index (κ1) is 14.0. The van der Waals surface area contributed by atoms with Crippen LogP contribution < -0.4 is 5.32 Å². The molecule has 2 N–H and O–H groups in total. The van der Waals surface area contributed by atoms with Crippen LogP contribution in [0.2, 0.25) is 0 Å². The Morgan fingerprint density at radius 3 is 2.90 bits per heavy atom. The van der Waals surface area contributed by atoms with Gasteiger partial charge in [-0.1, -0.05) is 20.3 Å². The number of aliphatic carboxylic acids is 1. The minimum atomic E-state index is -1.04. The second kappa shape index (κ2) is 5.68. The monoisotopic (exact) mass is 276 g/mol. The van der Waals surface area contributed by atoms with Crippen LogP contribution in [0.25, 0.3) is 5.65 Å². The Hall–Kier alpha value is -2.44. The summed E-state index contributed by atoms with van der Waals surface area (Å²) >= 11 is 0. The maximum absolute atomic E-state index is 12.2. The highest BCUT2D eigenvalue weighted by Gasteiger charge is 2.27. The summed E-state index contributed by atoms with van der Waals surface area (Å²) in [4.78, 5) is 27.5. The Balaban J connectivity index is 2.25. The van der Waals surface area contributed by atoms with Gasteiger partial charge in [-0.05, 0) is 12.0 Å². The molecule has 7 nitrogen and oxygen atoms in total. The fourth-order valence-corrected chi connectivity index (χ4v) is 1.89. The van der Waals surface area contributed by atoms with Crippen LogP contribution in [0, 0.1) is 5.92 Å². The fourth-order valence-electron chi connectivity index (χ4n) is 1.89. The highest BCUT2D eigenvalue weighted by Crippen LogP contribution is 2.11. The number of hydrogen-bond acceptors (Lipinski definition) is 4. The van der Waals surface area contributed by atoms with Gasteiger partial charge in [0.1, 0.15) is 11.6 Å². The smallest absolute Gasteiger partial charge is 0.326 e. The van der Waals surface area contributed by atoms with E-state index in [1.165, 1.54) is 10.7 Å². The highest BCUT2D eigenvalue weighted by molar-refractivity contribution is 6.01. The maximum Gasteiger partial charge on any atom is 0.326 e. The average Bonchev–Trinajstić information content (AvgIpc) is 2.87. The summed E-state index contributed by atoms with van der Waals surface area (Å²) < 4.78 is 1.47. The van der Waals surface area contributed by atoms with Crippen molar-refractivity contribution in [1.82, 2.24) is 19.9 Å². The van der Waals surface area contributed by atoms with Crippen LogP contribution in [-0.2, 0) is 4.79 Å². The van der Waals surface area contributed by atoms with Gasteiger partial charge in [0.2, 0.25) is 0 Å². The van der Waals surface area contributed by atoms with Gasteiger partial charge in [-0.3, -0.25) is 4.79 Å². The number of rotatable bonds is 5. The third-order valence-corrected chi connectivity index (χ3v) is 3.29. The number of carbonyl (C=O) groups is 2. The maximum atomic E-state index is 12.2. The van der Waals surface area contributed by atoms with E-state index < -0.39 is 17.9 Å². The lowest BCUT2D eigenvalue weighted by atomic mass is 9.99. The van der Waals surface area contributed by atoms with E-state index in [2.05, 4.69) is 15.4 Å². The highest BCUT2D eigenvalue weighted by atomic mass is 16.4. The Morgan fingerprint density at radius 1 is 1.50 bits per heavy atom. The van der Waals surface area contributed by atoms with Gasteiger partial charge in [0.15, 0.2) is 5.65 Å². The summed E-state index contributed by atoms with van der Waals surface area (Å²) in [5.74, 6) is -1.69. The number of fused-ring (bicyclic) bond motifs is 1. The number of nitrogens with zero attached hydrogens (tertiary/aromatic N) is 3. The van der Waals surface area contributed by atoms with Crippen molar-refractivity contribution in [2.75, 3.05) is 0 Å². The lowest BCUT2D eigenvalue weighted by molar-refractivity contribution is -0.140. The molecule has 1 amide bonds. The van der Waals surface area contributed by atoms with Crippen molar-refractivity contribution >= 4 is 17.5 Å². The van der Waals surface area contributed by atoms with Gasteiger partial charge >= 0.3 is 5.97 Å². The molecule has 2 heterocycles. The Labute approximate surface area is 115 Å². The van der Waals surface area contributed by atoms with E-state index in [1.807, 2.05) is 6.92 Å². The van der Waals surface area contributed by atoms with Crippen molar-refractivity contribution in [2.24, 2.45) is 5.92 Å². The van der Waals surface area contributed by atoms with Crippen LogP contribution in [-0.4, -0.2) is 37.6 Å². The minimum absolute atomic E-state index is 0.161. The summed E-state index contributed by atoms with van der Waals surface area (Å²) in [5.41, 5.74) is 0.665. The largest absolute Gasteiger partial charge is 0.480 e. The first-order valence-corrected chi connectivity index (χ1v) is 6.36. The van der Waals surface area contributed by atoms with E-state index in [1.54, 1.807) is 25.4 Å². The number of amides is 1. The van der Waals surface area contributed by atoms with E-state index in [4.69, 9.17) is 0 Å². The molecule has 0 aliphatic heterocycles. The summed E-state index contributed by atoms with van der Waals surface area (Å²) in [6, 6.07) is 0.770. The zero-order chi connectivity index (χ0) is 14.7. The van der Waals surface area contributed by atoms with E-state index in [0.29, 0.717) is 12.1 Å². The van der Waals surface area contributed by atoms with Crippen LogP contribution >= 0.6 is 0 Å². The van der Waals surface area contributed by atoms with Crippen LogP contribution in [0.15, 0.2) is 24.7 Å². The molecule has 2 aromatic rings. The predicted molar refractivity (Wildman–Crippen MR) is 71.3 cm³/mol. The molecule has 2 aromatic heterocycles. The molecule has 0 aliphatic carbocycles. The van der Waals surface area contributed by atoms with Crippen molar-refractivity contribution in [3.8, 4) is 0 Å². The fraction of sp³-hybridized carbons (Fsp3) is 0.385. The number of aromatic nitrogens is 3. The number of nitrogens with one attached hydrogen (secondary N) is 1. The lowest BCUT2D eigenvalue weighted by Gasteiger charge is -2.19. The molecule has 0 saturated carbocycles. The Bertz CT molecular complexity index is 637. The number of carboxylic acid groups (broad SMARTS) is 1. The first-order chi connectivity index (χ1) is 9.54. The van der Waals surface area contributed by atoms with E-state index in [9.17, 15) is 14.7 Å². The van der Waals surface area contributed by atoms with Crippen LogP contribution in [0.1, 0.15) is 30.6 Å². The van der Waals surface area contributed by atoms with Gasteiger partial charge in [0.25, 0.3) is 5.91 Å². The molecule has 106 valence electrons. The second-order valence-corrected chi connectivity index (χ2v) is 4.62. The van der Waals surface area contributed by atoms with E-state index in [0.717, 1.165) is 0 Å². The molecule has 7 heteroatoms. The Morgan fingerprint density at radius 2 is 2.25 bits per heavy atom. The van der Waals surface area contributed by atoms with Gasteiger partial charge in [-0.2, -0.15) is 5.10 Å². The van der Waals surface area contributed by atoms with Crippen molar-refractivity contribution in [2.45, 2.75) is 26.3 Å². The molecule has 0 spiro atoms. The quantitative estimate of drug-likeness (QED) is 0.847. The zero-order valence-electron chi connectivity index (χ0n) is 11.3. The molecule has 0 radical (unpaired) electrons. The van der Waals surface area contributed by atoms with Crippen molar-refractivity contribution in [3.05, 3.63) is 30.2 Å². The molecule has 0 fully saturated rings. The van der Waals surface area contributed by atoms with Crippen LogP contribution in [0.4, 0.5) is 0 Å². The predicted octanol–water partition coefficient (Wildman–Crippen LogP) is 0.958. The van der Waals surface area contributed by atoms with E-state index in [-0.39, 0.29) is 11.5 Å². The summed E-state index contributed by atoms with van der Waals surface area (Å²) in [5, 5.41) is 15.7. The number of carboxylic acids is 1. The molecule has 2 unspecified atom stereocenters. The molecule has 2 atom stereocenters. The van der Waals surface area contributed by atoms with Gasteiger partial charge in [-0.15, -0.1) is 0 Å². The molecule has 0 aliphatic rings. The van der Waals surface area contributed by atoms with Crippen molar-refractivity contribution < 1.29 is 14.7 Å². The van der Waals surface area contributed by atoms with Gasteiger partial charge < -0.3 is 10.4 Å². The molecule has 0 saturated heterocycles.